The van der Waals surface area contributed by atoms with Crippen LogP contribution in [0.25, 0.3) is 0 Å². The summed E-state index contributed by atoms with van der Waals surface area (Å²) >= 11 is 0. The van der Waals surface area contributed by atoms with Crippen molar-refractivity contribution in [1.29, 1.82) is 0 Å². The van der Waals surface area contributed by atoms with Crippen molar-refractivity contribution in [3.8, 4) is 0 Å². The van der Waals surface area contributed by atoms with Crippen molar-refractivity contribution in [3.05, 3.63) is 41.9 Å². The number of likely N-dealkylation sites (tertiary alicyclic amines) is 1. The molecule has 0 bridgehead atoms. The van der Waals surface area contributed by atoms with E-state index in [0.29, 0.717) is 12.0 Å². The molecule has 4 rings (SSSR count). The van der Waals surface area contributed by atoms with E-state index in [4.69, 9.17) is 4.98 Å². The topological polar surface area (TPSA) is 66.8 Å². The summed E-state index contributed by atoms with van der Waals surface area (Å²) in [5.74, 6) is 2.60. The van der Waals surface area contributed by atoms with E-state index in [9.17, 15) is 0 Å². The molecule has 24 heavy (non-hydrogen) atoms. The lowest BCUT2D eigenvalue weighted by Gasteiger charge is -2.32. The molecule has 126 valence electrons. The first-order valence-electron chi connectivity index (χ1n) is 8.85. The number of aryl methyl sites for hydroxylation is 1. The highest BCUT2D eigenvalue weighted by Gasteiger charge is 2.27. The summed E-state index contributed by atoms with van der Waals surface area (Å²) in [6.45, 7) is 5.10. The van der Waals surface area contributed by atoms with Crippen molar-refractivity contribution in [1.82, 2.24) is 24.8 Å². The Morgan fingerprint density at radius 3 is 2.71 bits per heavy atom. The van der Waals surface area contributed by atoms with Crippen LogP contribution >= 0.6 is 0 Å². The van der Waals surface area contributed by atoms with Crippen LogP contribution in [-0.4, -0.2) is 44.0 Å². The van der Waals surface area contributed by atoms with Gasteiger partial charge in [-0.15, -0.1) is 0 Å². The van der Waals surface area contributed by atoms with Gasteiger partial charge in [0, 0.05) is 49.6 Å². The van der Waals surface area contributed by atoms with Crippen molar-refractivity contribution in [2.45, 2.75) is 51.1 Å². The molecule has 0 amide bonds. The minimum Gasteiger partial charge on any atom is -0.367 e. The summed E-state index contributed by atoms with van der Waals surface area (Å²) in [6.07, 6.45) is 8.31. The van der Waals surface area contributed by atoms with Gasteiger partial charge >= 0.3 is 0 Å². The Morgan fingerprint density at radius 2 is 1.96 bits per heavy atom. The molecular formula is C18H24N6. The van der Waals surface area contributed by atoms with Crippen LogP contribution in [0, 0.1) is 6.92 Å². The molecular weight excluding hydrogens is 300 g/mol. The summed E-state index contributed by atoms with van der Waals surface area (Å²) < 4.78 is 0. The molecule has 1 saturated carbocycles. The molecule has 1 aliphatic heterocycles. The van der Waals surface area contributed by atoms with E-state index in [1.165, 1.54) is 12.8 Å². The molecule has 3 heterocycles. The highest BCUT2D eigenvalue weighted by molar-refractivity contribution is 5.35. The molecule has 1 N–H and O–H groups in total. The third kappa shape index (κ3) is 3.87. The van der Waals surface area contributed by atoms with Gasteiger partial charge in [-0.2, -0.15) is 0 Å². The Hall–Kier alpha value is -2.08. The second-order valence-corrected chi connectivity index (χ2v) is 6.92. The molecule has 2 aromatic rings. The molecule has 0 aromatic carbocycles. The Morgan fingerprint density at radius 1 is 1.12 bits per heavy atom. The zero-order chi connectivity index (χ0) is 16.4. The standard InChI is InChI=1S/C18H24N6/c1-13-10-17(21-12-20-13)22-15-5-8-24(9-6-15)11-16-4-7-19-18(23-16)14-2-3-14/h4,7,10,12,14-15H,2-3,5-6,8-9,11H2,1H3,(H,20,21,22). The molecule has 1 aliphatic carbocycles. The van der Waals surface area contributed by atoms with Gasteiger partial charge in [0.2, 0.25) is 0 Å². The number of hydrogen-bond acceptors (Lipinski definition) is 6. The third-order valence-electron chi connectivity index (χ3n) is 4.80. The van der Waals surface area contributed by atoms with Crippen LogP contribution in [0.15, 0.2) is 24.7 Å². The molecule has 0 atom stereocenters. The Kier molecular flexibility index (Phi) is 4.38. The van der Waals surface area contributed by atoms with Crippen molar-refractivity contribution < 1.29 is 0 Å². The minimum absolute atomic E-state index is 0.489. The van der Waals surface area contributed by atoms with Crippen LogP contribution in [0.4, 0.5) is 5.82 Å². The summed E-state index contributed by atoms with van der Waals surface area (Å²) in [5, 5.41) is 3.53. The van der Waals surface area contributed by atoms with Crippen molar-refractivity contribution >= 4 is 5.82 Å². The third-order valence-corrected chi connectivity index (χ3v) is 4.80. The fourth-order valence-corrected chi connectivity index (χ4v) is 3.25. The van der Waals surface area contributed by atoms with Crippen LogP contribution in [0.3, 0.4) is 0 Å². The average molecular weight is 324 g/mol. The summed E-state index contributed by atoms with van der Waals surface area (Å²) in [7, 11) is 0. The quantitative estimate of drug-likeness (QED) is 0.911. The van der Waals surface area contributed by atoms with Crippen LogP contribution in [0.2, 0.25) is 0 Å². The summed E-state index contributed by atoms with van der Waals surface area (Å²) in [6, 6.07) is 4.55. The van der Waals surface area contributed by atoms with Gasteiger partial charge in [0.05, 0.1) is 5.69 Å². The second-order valence-electron chi connectivity index (χ2n) is 6.92. The summed E-state index contributed by atoms with van der Waals surface area (Å²) in [5.41, 5.74) is 2.16. The van der Waals surface area contributed by atoms with E-state index in [1.54, 1.807) is 6.33 Å². The Bertz CT molecular complexity index is 691. The molecule has 2 fully saturated rings. The largest absolute Gasteiger partial charge is 0.367 e. The Balaban J connectivity index is 1.29. The number of rotatable bonds is 5. The average Bonchev–Trinajstić information content (AvgIpc) is 3.42. The molecule has 0 radical (unpaired) electrons. The molecule has 0 unspecified atom stereocenters. The maximum Gasteiger partial charge on any atom is 0.131 e. The Labute approximate surface area is 142 Å². The number of anilines is 1. The zero-order valence-corrected chi connectivity index (χ0v) is 14.1. The number of piperidine rings is 1. The van der Waals surface area contributed by atoms with E-state index in [2.05, 4.69) is 31.2 Å². The monoisotopic (exact) mass is 324 g/mol. The summed E-state index contributed by atoms with van der Waals surface area (Å²) in [4.78, 5) is 20.1. The predicted molar refractivity (Wildman–Crippen MR) is 92.7 cm³/mol. The molecule has 6 nitrogen and oxygen atoms in total. The SMILES string of the molecule is Cc1cc(NC2CCN(Cc3ccnc(C4CC4)n3)CC2)ncn1. The van der Waals surface area contributed by atoms with Crippen molar-refractivity contribution in [3.63, 3.8) is 0 Å². The van der Waals surface area contributed by atoms with Crippen LogP contribution in [-0.2, 0) is 6.54 Å². The van der Waals surface area contributed by atoms with Gasteiger partial charge in [0.15, 0.2) is 0 Å². The lowest BCUT2D eigenvalue weighted by molar-refractivity contribution is 0.208. The highest BCUT2D eigenvalue weighted by atomic mass is 15.2. The van der Waals surface area contributed by atoms with Crippen LogP contribution in [0.5, 0.6) is 0 Å². The van der Waals surface area contributed by atoms with E-state index < -0.39 is 0 Å². The van der Waals surface area contributed by atoms with Gasteiger partial charge in [0.25, 0.3) is 0 Å². The van der Waals surface area contributed by atoms with Gasteiger partial charge in [-0.05, 0) is 38.7 Å². The van der Waals surface area contributed by atoms with Crippen molar-refractivity contribution in [2.75, 3.05) is 18.4 Å². The van der Waals surface area contributed by atoms with Gasteiger partial charge in [0.1, 0.15) is 18.0 Å². The molecule has 1 saturated heterocycles. The lowest BCUT2D eigenvalue weighted by Crippen LogP contribution is -2.39. The van der Waals surface area contributed by atoms with E-state index >= 15 is 0 Å². The van der Waals surface area contributed by atoms with E-state index in [-0.39, 0.29) is 0 Å². The normalized spacial score (nSPS) is 19.4. The zero-order valence-electron chi connectivity index (χ0n) is 14.1. The lowest BCUT2D eigenvalue weighted by atomic mass is 10.0. The minimum atomic E-state index is 0.489. The number of nitrogens with zero attached hydrogens (tertiary/aromatic N) is 5. The highest BCUT2D eigenvalue weighted by Crippen LogP contribution is 2.37. The molecule has 2 aromatic heterocycles. The smallest absolute Gasteiger partial charge is 0.131 e. The number of aromatic nitrogens is 4. The number of hydrogen-bond donors (Lipinski definition) is 1. The van der Waals surface area contributed by atoms with Gasteiger partial charge in [-0.25, -0.2) is 19.9 Å². The predicted octanol–water partition coefficient (Wildman–Crippen LogP) is 2.53. The van der Waals surface area contributed by atoms with Gasteiger partial charge in [-0.3, -0.25) is 4.90 Å². The fraction of sp³-hybridized carbons (Fsp3) is 0.556. The fourth-order valence-electron chi connectivity index (χ4n) is 3.25. The first-order valence-corrected chi connectivity index (χ1v) is 8.85. The first kappa shape index (κ1) is 15.4. The molecule has 6 heteroatoms. The maximum absolute atomic E-state index is 4.74. The van der Waals surface area contributed by atoms with Gasteiger partial charge < -0.3 is 5.32 Å². The first-order chi connectivity index (χ1) is 11.8. The van der Waals surface area contributed by atoms with Gasteiger partial charge in [-0.1, -0.05) is 0 Å². The van der Waals surface area contributed by atoms with E-state index in [1.807, 2.05) is 19.2 Å². The second kappa shape index (κ2) is 6.81. The van der Waals surface area contributed by atoms with Crippen molar-refractivity contribution in [2.24, 2.45) is 0 Å². The maximum atomic E-state index is 4.74. The van der Waals surface area contributed by atoms with Crippen LogP contribution in [0.1, 0.15) is 48.8 Å². The molecule has 2 aliphatic rings. The van der Waals surface area contributed by atoms with Crippen LogP contribution < -0.4 is 5.32 Å². The number of nitrogens with one attached hydrogen (secondary N) is 1. The van der Waals surface area contributed by atoms with E-state index in [0.717, 1.165) is 55.5 Å². The molecule has 0 spiro atoms.